The topological polar surface area (TPSA) is 134 Å². The average molecular weight is 613 g/mol. The normalized spacial score (nSPS) is 12.5. The minimum atomic E-state index is -1.74. The average Bonchev–Trinajstić information content (AvgIpc) is 2.98. The molecule has 3 aromatic carbocycles. The third-order valence-electron chi connectivity index (χ3n) is 7.04. The second-order valence-corrected chi connectivity index (χ2v) is 10.9. The Morgan fingerprint density at radius 2 is 1.56 bits per heavy atom. The summed E-state index contributed by atoms with van der Waals surface area (Å²) >= 11 is 6.15. The van der Waals surface area contributed by atoms with Crippen molar-refractivity contribution in [1.82, 2.24) is 5.32 Å². The number of carbonyl (C=O) groups is 3. The highest BCUT2D eigenvalue weighted by Crippen LogP contribution is 2.20. The molecule has 2 unspecified atom stereocenters. The third kappa shape index (κ3) is 11.9. The van der Waals surface area contributed by atoms with E-state index in [0.717, 1.165) is 43.4 Å². The van der Waals surface area contributed by atoms with Crippen LogP contribution in [-0.4, -0.2) is 66.6 Å². The van der Waals surface area contributed by atoms with E-state index in [9.17, 15) is 19.5 Å². The first-order valence-corrected chi connectivity index (χ1v) is 15.1. The van der Waals surface area contributed by atoms with Crippen LogP contribution in [0, 0.1) is 6.92 Å². The Balaban J connectivity index is 1.40. The number of ether oxygens (including phenoxy) is 2. The zero-order chi connectivity index (χ0) is 31.0. The lowest BCUT2D eigenvalue weighted by molar-refractivity contribution is -0.172. The molecule has 0 bridgehead atoms. The fourth-order valence-electron chi connectivity index (χ4n) is 4.64. The molecule has 0 radical (unpaired) electrons. The Bertz CT molecular complexity index is 1350. The minimum absolute atomic E-state index is 0.101. The van der Waals surface area contributed by atoms with Gasteiger partial charge in [0.25, 0.3) is 5.91 Å². The molecular formula is C33H41ClN2O7. The van der Waals surface area contributed by atoms with E-state index in [0.29, 0.717) is 31.0 Å². The second kappa shape index (κ2) is 18.1. The van der Waals surface area contributed by atoms with Gasteiger partial charge in [0.05, 0.1) is 0 Å². The number of carboxylic acid groups (broad SMARTS) is 2. The van der Waals surface area contributed by atoms with Crippen molar-refractivity contribution in [3.63, 3.8) is 0 Å². The molecule has 0 aromatic heterocycles. The SMILES string of the molecule is Cc1ccc(NCCCCOC(C(=O)NCCCCCCc2ccc3ccccc3c2)C(OCC(=O)O)C(=O)O)cc1Cl. The molecule has 1 amide bonds. The number of rotatable bonds is 20. The highest BCUT2D eigenvalue weighted by Gasteiger charge is 2.36. The number of anilines is 1. The second-order valence-electron chi connectivity index (χ2n) is 10.5. The van der Waals surface area contributed by atoms with Gasteiger partial charge in [-0.15, -0.1) is 0 Å². The quantitative estimate of drug-likeness (QED) is 0.117. The zero-order valence-electron chi connectivity index (χ0n) is 24.5. The number of hydrogen-bond donors (Lipinski definition) is 4. The number of aryl methyl sites for hydroxylation is 2. The number of fused-ring (bicyclic) bond motifs is 1. The summed E-state index contributed by atoms with van der Waals surface area (Å²) < 4.78 is 10.7. The molecule has 3 aromatic rings. The minimum Gasteiger partial charge on any atom is -0.480 e. The molecule has 0 saturated carbocycles. The van der Waals surface area contributed by atoms with Crippen LogP contribution in [0.3, 0.4) is 0 Å². The van der Waals surface area contributed by atoms with Gasteiger partial charge in [0, 0.05) is 30.4 Å². The van der Waals surface area contributed by atoms with Crippen LogP contribution >= 0.6 is 11.6 Å². The number of carbonyl (C=O) groups excluding carboxylic acids is 1. The lowest BCUT2D eigenvalue weighted by Gasteiger charge is -2.23. The lowest BCUT2D eigenvalue weighted by atomic mass is 10.0. The van der Waals surface area contributed by atoms with E-state index in [-0.39, 0.29) is 6.61 Å². The molecule has 0 aliphatic carbocycles. The van der Waals surface area contributed by atoms with Crippen molar-refractivity contribution < 1.29 is 34.1 Å². The van der Waals surface area contributed by atoms with E-state index in [1.165, 1.54) is 16.3 Å². The van der Waals surface area contributed by atoms with E-state index in [1.807, 2.05) is 37.3 Å². The predicted molar refractivity (Wildman–Crippen MR) is 168 cm³/mol. The Morgan fingerprint density at radius 3 is 2.30 bits per heavy atom. The van der Waals surface area contributed by atoms with Gasteiger partial charge in [-0.1, -0.05) is 73.0 Å². The van der Waals surface area contributed by atoms with Crippen LogP contribution < -0.4 is 10.6 Å². The van der Waals surface area contributed by atoms with Gasteiger partial charge in [-0.25, -0.2) is 9.59 Å². The summed E-state index contributed by atoms with van der Waals surface area (Å²) in [7, 11) is 0. The number of halogens is 1. The number of hydrogen-bond acceptors (Lipinski definition) is 6. The van der Waals surface area contributed by atoms with Crippen LogP contribution in [0.1, 0.15) is 49.7 Å². The maximum absolute atomic E-state index is 12.9. The van der Waals surface area contributed by atoms with E-state index < -0.39 is 36.7 Å². The largest absolute Gasteiger partial charge is 0.480 e. The number of aliphatic carboxylic acids is 2. The lowest BCUT2D eigenvalue weighted by Crippen LogP contribution is -2.49. The summed E-state index contributed by atoms with van der Waals surface area (Å²) in [5.41, 5.74) is 3.17. The number of amides is 1. The van der Waals surface area contributed by atoms with Crippen molar-refractivity contribution in [2.24, 2.45) is 0 Å². The van der Waals surface area contributed by atoms with E-state index in [1.54, 1.807) is 0 Å². The molecule has 9 nitrogen and oxygen atoms in total. The predicted octanol–water partition coefficient (Wildman–Crippen LogP) is 5.85. The monoisotopic (exact) mass is 612 g/mol. The fraction of sp³-hybridized carbons (Fsp3) is 0.424. The van der Waals surface area contributed by atoms with Gasteiger partial charge in [0.2, 0.25) is 0 Å². The molecule has 2 atom stereocenters. The Morgan fingerprint density at radius 1 is 0.814 bits per heavy atom. The number of unbranched alkanes of at least 4 members (excludes halogenated alkanes) is 4. The first-order valence-electron chi connectivity index (χ1n) is 14.7. The zero-order valence-corrected chi connectivity index (χ0v) is 25.3. The standard InChI is InChI=1S/C33H41ClN2O7/c1-23-13-16-27(21-28(23)34)35-17-8-9-19-42-30(31(33(40)41)43-22-29(37)38)32(39)36-18-7-3-2-4-10-24-14-15-25-11-5-6-12-26(25)20-24/h5-6,11-16,20-21,30-31,35H,2-4,7-10,17-19,22H2,1H3,(H,36,39)(H,37,38)(H,40,41). The molecule has 10 heteroatoms. The van der Waals surface area contributed by atoms with Crippen LogP contribution in [0.15, 0.2) is 60.7 Å². The molecule has 232 valence electrons. The molecule has 0 heterocycles. The van der Waals surface area contributed by atoms with Crippen molar-refractivity contribution in [1.29, 1.82) is 0 Å². The van der Waals surface area contributed by atoms with Crippen molar-refractivity contribution in [3.8, 4) is 0 Å². The van der Waals surface area contributed by atoms with E-state index in [2.05, 4.69) is 41.0 Å². The highest BCUT2D eigenvalue weighted by atomic mass is 35.5. The Kier molecular flexibility index (Phi) is 14.2. The van der Waals surface area contributed by atoms with E-state index >= 15 is 0 Å². The fourth-order valence-corrected chi connectivity index (χ4v) is 4.82. The summed E-state index contributed by atoms with van der Waals surface area (Å²) in [6, 6.07) is 20.5. The van der Waals surface area contributed by atoms with Gasteiger partial charge in [-0.3, -0.25) is 4.79 Å². The maximum atomic E-state index is 12.9. The Labute approximate surface area is 257 Å². The summed E-state index contributed by atoms with van der Waals surface area (Å²) in [5, 5.41) is 27.7. The highest BCUT2D eigenvalue weighted by molar-refractivity contribution is 6.31. The van der Waals surface area contributed by atoms with Crippen LogP contribution in [0.25, 0.3) is 10.8 Å². The van der Waals surface area contributed by atoms with Crippen LogP contribution in [-0.2, 0) is 30.3 Å². The summed E-state index contributed by atoms with van der Waals surface area (Å²) in [4.78, 5) is 35.7. The molecular weight excluding hydrogens is 572 g/mol. The molecule has 4 N–H and O–H groups in total. The smallest absolute Gasteiger partial charge is 0.336 e. The van der Waals surface area contributed by atoms with E-state index in [4.69, 9.17) is 26.2 Å². The van der Waals surface area contributed by atoms with Gasteiger partial charge >= 0.3 is 11.9 Å². The number of nitrogens with one attached hydrogen (secondary N) is 2. The molecule has 0 fully saturated rings. The first-order chi connectivity index (χ1) is 20.7. The van der Waals surface area contributed by atoms with Gasteiger partial charge in [-0.05, 0) is 73.1 Å². The summed E-state index contributed by atoms with van der Waals surface area (Å²) in [6.45, 7) is 2.14. The van der Waals surface area contributed by atoms with Crippen molar-refractivity contribution in [3.05, 3.63) is 76.8 Å². The van der Waals surface area contributed by atoms with Crippen LogP contribution in [0.2, 0.25) is 5.02 Å². The van der Waals surface area contributed by atoms with Gasteiger partial charge in [-0.2, -0.15) is 0 Å². The molecule has 0 aliphatic heterocycles. The summed E-state index contributed by atoms with van der Waals surface area (Å²) in [5.74, 6) is -3.44. The van der Waals surface area contributed by atoms with Gasteiger partial charge in [0.1, 0.15) is 6.61 Å². The van der Waals surface area contributed by atoms with Gasteiger partial charge in [0.15, 0.2) is 12.2 Å². The van der Waals surface area contributed by atoms with Crippen LogP contribution in [0.4, 0.5) is 5.69 Å². The maximum Gasteiger partial charge on any atom is 0.336 e. The molecule has 3 rings (SSSR count). The third-order valence-corrected chi connectivity index (χ3v) is 7.45. The molecule has 0 saturated heterocycles. The number of carboxylic acids is 2. The molecule has 0 aliphatic rings. The first kappa shape index (κ1) is 33.8. The van der Waals surface area contributed by atoms with Crippen molar-refractivity contribution in [2.75, 3.05) is 31.6 Å². The van der Waals surface area contributed by atoms with Crippen molar-refractivity contribution in [2.45, 2.75) is 64.1 Å². The Hall–Kier alpha value is -3.66. The van der Waals surface area contributed by atoms with Crippen LogP contribution in [0.5, 0.6) is 0 Å². The number of benzene rings is 3. The molecule has 43 heavy (non-hydrogen) atoms. The van der Waals surface area contributed by atoms with Crippen molar-refractivity contribution >= 4 is 45.9 Å². The summed E-state index contributed by atoms with van der Waals surface area (Å²) in [6.07, 6.45) is 2.61. The molecule has 0 spiro atoms. The van der Waals surface area contributed by atoms with Gasteiger partial charge < -0.3 is 30.3 Å².